The van der Waals surface area contributed by atoms with Gasteiger partial charge in [0.25, 0.3) is 0 Å². The van der Waals surface area contributed by atoms with Crippen LogP contribution in [0.2, 0.25) is 0 Å². The Labute approximate surface area is 133 Å². The number of hydrogen-bond donors (Lipinski definition) is 2. The van der Waals surface area contributed by atoms with Gasteiger partial charge in [-0.3, -0.25) is 4.79 Å². The molecular weight excluding hydrogens is 309 g/mol. The molecule has 0 saturated heterocycles. The first-order valence-electron chi connectivity index (χ1n) is 7.72. The van der Waals surface area contributed by atoms with Crippen LogP contribution in [0.3, 0.4) is 0 Å². The van der Waals surface area contributed by atoms with Crippen LogP contribution in [-0.2, 0) is 4.79 Å². The number of nitrogens with two attached hydrogens (primary N) is 1. The number of anilines is 1. The van der Waals surface area contributed by atoms with E-state index in [2.05, 4.69) is 5.32 Å². The molecule has 4 nitrogen and oxygen atoms in total. The van der Waals surface area contributed by atoms with Crippen molar-refractivity contribution in [3.05, 3.63) is 24.3 Å². The van der Waals surface area contributed by atoms with E-state index in [4.69, 9.17) is 10.5 Å². The highest BCUT2D eigenvalue weighted by Gasteiger charge is 2.47. The van der Waals surface area contributed by atoms with Gasteiger partial charge in [-0.2, -0.15) is 13.2 Å². The highest BCUT2D eigenvalue weighted by Crippen LogP contribution is 2.41. The van der Waals surface area contributed by atoms with E-state index < -0.39 is 23.9 Å². The van der Waals surface area contributed by atoms with Crippen molar-refractivity contribution in [3.63, 3.8) is 0 Å². The van der Waals surface area contributed by atoms with Crippen LogP contribution in [0.5, 0.6) is 5.75 Å². The van der Waals surface area contributed by atoms with Gasteiger partial charge in [0.1, 0.15) is 12.4 Å². The van der Waals surface area contributed by atoms with Crippen LogP contribution < -0.4 is 15.8 Å². The molecule has 2 rings (SSSR count). The third kappa shape index (κ3) is 4.86. The number of benzene rings is 1. The van der Waals surface area contributed by atoms with Gasteiger partial charge >= 0.3 is 6.18 Å². The van der Waals surface area contributed by atoms with Crippen molar-refractivity contribution in [2.75, 3.05) is 18.5 Å². The van der Waals surface area contributed by atoms with E-state index in [1.54, 1.807) is 24.3 Å². The van der Waals surface area contributed by atoms with Crippen molar-refractivity contribution in [2.45, 2.75) is 31.9 Å². The second-order valence-electron chi connectivity index (χ2n) is 5.69. The lowest BCUT2D eigenvalue weighted by Gasteiger charge is -2.32. The standard InChI is InChI=1S/C16H21F3N2O2/c17-16(18,19)14-4-2-1-3-13(14)15(22)21-11-5-7-12(8-6-11)23-10-9-20/h5-8,13-14H,1-4,9-10,20H2,(H,21,22). The number of carbonyl (C=O) groups is 1. The Morgan fingerprint density at radius 3 is 2.48 bits per heavy atom. The predicted octanol–water partition coefficient (Wildman–Crippen LogP) is 3.33. The van der Waals surface area contributed by atoms with Gasteiger partial charge in [0, 0.05) is 18.2 Å². The zero-order valence-corrected chi connectivity index (χ0v) is 12.7. The average molecular weight is 330 g/mol. The van der Waals surface area contributed by atoms with Crippen LogP contribution in [-0.4, -0.2) is 25.2 Å². The summed E-state index contributed by atoms with van der Waals surface area (Å²) in [5, 5.41) is 2.58. The minimum absolute atomic E-state index is 0.0213. The molecule has 1 amide bonds. The van der Waals surface area contributed by atoms with Gasteiger partial charge in [-0.05, 0) is 37.1 Å². The number of alkyl halides is 3. The maximum absolute atomic E-state index is 13.1. The molecule has 7 heteroatoms. The molecule has 1 aromatic carbocycles. The molecule has 2 unspecified atom stereocenters. The van der Waals surface area contributed by atoms with Crippen molar-refractivity contribution in [2.24, 2.45) is 17.6 Å². The molecule has 1 fully saturated rings. The molecule has 1 saturated carbocycles. The van der Waals surface area contributed by atoms with E-state index in [1.165, 1.54) is 0 Å². The molecule has 0 heterocycles. The van der Waals surface area contributed by atoms with Gasteiger partial charge < -0.3 is 15.8 Å². The van der Waals surface area contributed by atoms with Gasteiger partial charge in [-0.25, -0.2) is 0 Å². The summed E-state index contributed by atoms with van der Waals surface area (Å²) in [6, 6.07) is 6.51. The van der Waals surface area contributed by atoms with Crippen molar-refractivity contribution in [1.29, 1.82) is 0 Å². The van der Waals surface area contributed by atoms with Crippen molar-refractivity contribution in [3.8, 4) is 5.75 Å². The molecule has 3 N–H and O–H groups in total. The second kappa shape index (κ2) is 7.68. The molecule has 0 radical (unpaired) electrons. The van der Waals surface area contributed by atoms with E-state index in [0.29, 0.717) is 37.4 Å². The smallest absolute Gasteiger partial charge is 0.392 e. The van der Waals surface area contributed by atoms with Crippen molar-refractivity contribution in [1.82, 2.24) is 0 Å². The first kappa shape index (κ1) is 17.6. The SMILES string of the molecule is NCCOc1ccc(NC(=O)C2CCCCC2C(F)(F)F)cc1. The Morgan fingerprint density at radius 1 is 1.22 bits per heavy atom. The minimum atomic E-state index is -4.33. The van der Waals surface area contributed by atoms with Crippen LogP contribution in [0.15, 0.2) is 24.3 Å². The largest absolute Gasteiger partial charge is 0.492 e. The summed E-state index contributed by atoms with van der Waals surface area (Å²) < 4.78 is 44.5. The number of carbonyl (C=O) groups excluding carboxylic acids is 1. The van der Waals surface area contributed by atoms with Crippen molar-refractivity contribution < 1.29 is 22.7 Å². The number of hydrogen-bond acceptors (Lipinski definition) is 3. The molecule has 1 aliphatic rings. The van der Waals surface area contributed by atoms with E-state index in [1.807, 2.05) is 0 Å². The lowest BCUT2D eigenvalue weighted by atomic mass is 9.78. The molecule has 128 valence electrons. The molecule has 23 heavy (non-hydrogen) atoms. The van der Waals surface area contributed by atoms with Gasteiger partial charge in [0.15, 0.2) is 0 Å². The number of amides is 1. The highest BCUT2D eigenvalue weighted by atomic mass is 19.4. The molecular formula is C16H21F3N2O2. The summed E-state index contributed by atoms with van der Waals surface area (Å²) in [5.74, 6) is -2.54. The third-order valence-corrected chi connectivity index (χ3v) is 4.03. The zero-order valence-electron chi connectivity index (χ0n) is 12.7. The molecule has 2 atom stereocenters. The number of rotatable bonds is 5. The number of ether oxygens (including phenoxy) is 1. The summed E-state index contributed by atoms with van der Waals surface area (Å²) in [6.07, 6.45) is -2.87. The van der Waals surface area contributed by atoms with Gasteiger partial charge in [0.05, 0.1) is 5.92 Å². The predicted molar refractivity (Wildman–Crippen MR) is 81.1 cm³/mol. The van der Waals surface area contributed by atoms with Crippen LogP contribution in [0.4, 0.5) is 18.9 Å². The average Bonchev–Trinajstić information content (AvgIpc) is 2.53. The fourth-order valence-corrected chi connectivity index (χ4v) is 2.88. The van der Waals surface area contributed by atoms with E-state index in [0.717, 1.165) is 0 Å². The minimum Gasteiger partial charge on any atom is -0.492 e. The quantitative estimate of drug-likeness (QED) is 0.870. The summed E-state index contributed by atoms with van der Waals surface area (Å²) in [7, 11) is 0. The van der Waals surface area contributed by atoms with Gasteiger partial charge in [-0.15, -0.1) is 0 Å². The second-order valence-corrected chi connectivity index (χ2v) is 5.69. The maximum atomic E-state index is 13.1. The van der Waals surface area contributed by atoms with Gasteiger partial charge in [0.2, 0.25) is 5.91 Å². The number of halogens is 3. The summed E-state index contributed by atoms with van der Waals surface area (Å²) in [6.45, 7) is 0.764. The van der Waals surface area contributed by atoms with Crippen LogP contribution in [0.25, 0.3) is 0 Å². The Balaban J connectivity index is 1.99. The molecule has 0 spiro atoms. The molecule has 0 aromatic heterocycles. The maximum Gasteiger partial charge on any atom is 0.392 e. The Morgan fingerprint density at radius 2 is 1.87 bits per heavy atom. The third-order valence-electron chi connectivity index (χ3n) is 4.03. The summed E-state index contributed by atoms with van der Waals surface area (Å²) >= 11 is 0. The Kier molecular flexibility index (Phi) is 5.87. The van der Waals surface area contributed by atoms with Crippen LogP contribution >= 0.6 is 0 Å². The lowest BCUT2D eigenvalue weighted by Crippen LogP contribution is -2.39. The highest BCUT2D eigenvalue weighted by molar-refractivity contribution is 5.92. The first-order chi connectivity index (χ1) is 10.9. The van der Waals surface area contributed by atoms with E-state index >= 15 is 0 Å². The molecule has 1 aromatic rings. The molecule has 0 bridgehead atoms. The van der Waals surface area contributed by atoms with Crippen LogP contribution in [0.1, 0.15) is 25.7 Å². The molecule has 1 aliphatic carbocycles. The van der Waals surface area contributed by atoms with Crippen molar-refractivity contribution >= 4 is 11.6 Å². The summed E-state index contributed by atoms with van der Waals surface area (Å²) in [4.78, 5) is 12.2. The van der Waals surface area contributed by atoms with Crippen LogP contribution in [0, 0.1) is 11.8 Å². The summed E-state index contributed by atoms with van der Waals surface area (Å²) in [5.41, 5.74) is 5.79. The zero-order chi connectivity index (χ0) is 16.9. The monoisotopic (exact) mass is 330 g/mol. The van der Waals surface area contributed by atoms with E-state index in [-0.39, 0.29) is 12.8 Å². The normalized spacial score (nSPS) is 21.7. The number of nitrogens with one attached hydrogen (secondary N) is 1. The molecule has 0 aliphatic heterocycles. The van der Waals surface area contributed by atoms with Gasteiger partial charge in [-0.1, -0.05) is 12.8 Å². The van der Waals surface area contributed by atoms with E-state index in [9.17, 15) is 18.0 Å². The Hall–Kier alpha value is -1.76. The lowest BCUT2D eigenvalue weighted by molar-refractivity contribution is -0.197. The fourth-order valence-electron chi connectivity index (χ4n) is 2.88. The first-order valence-corrected chi connectivity index (χ1v) is 7.72. The fraction of sp³-hybridized carbons (Fsp3) is 0.562. The Bertz CT molecular complexity index is 517. The topological polar surface area (TPSA) is 64.3 Å².